The van der Waals surface area contributed by atoms with Crippen LogP contribution in [-0.2, 0) is 17.1 Å². The number of carbonyl (C=O) groups is 1. The molecular weight excluding hydrogens is 430 g/mol. The van der Waals surface area contributed by atoms with E-state index in [0.29, 0.717) is 5.75 Å². The van der Waals surface area contributed by atoms with Gasteiger partial charge in [-0.05, 0) is 18.4 Å². The zero-order chi connectivity index (χ0) is 21.8. The standard InChI is InChI=1S/C23H21N3O3S2/c1-15-13-30-23(24-15)31-14-17-10-20(27)21(29-2)11-26(17)12-22(28)25-19-9-5-7-16-6-3-4-8-18(16)19/h3-11,13H,12,14H2,1-2H3,(H,25,28). The summed E-state index contributed by atoms with van der Waals surface area (Å²) in [7, 11) is 1.45. The van der Waals surface area contributed by atoms with Gasteiger partial charge in [0.05, 0.1) is 13.3 Å². The van der Waals surface area contributed by atoms with E-state index < -0.39 is 0 Å². The summed E-state index contributed by atoms with van der Waals surface area (Å²) in [6.45, 7) is 2.01. The van der Waals surface area contributed by atoms with E-state index in [0.717, 1.165) is 32.2 Å². The molecule has 0 unspecified atom stereocenters. The number of aromatic nitrogens is 2. The molecule has 2 aromatic heterocycles. The molecule has 0 atom stereocenters. The maximum Gasteiger partial charge on any atom is 0.244 e. The van der Waals surface area contributed by atoms with Crippen LogP contribution >= 0.6 is 23.1 Å². The van der Waals surface area contributed by atoms with Crippen molar-refractivity contribution in [3.05, 3.63) is 81.7 Å². The molecule has 0 saturated carbocycles. The highest BCUT2D eigenvalue weighted by atomic mass is 32.2. The smallest absolute Gasteiger partial charge is 0.244 e. The molecule has 2 aromatic carbocycles. The molecule has 4 rings (SSSR count). The van der Waals surface area contributed by atoms with Crippen molar-refractivity contribution in [2.75, 3.05) is 12.4 Å². The third-order valence-electron chi connectivity index (χ3n) is 4.72. The fourth-order valence-corrected chi connectivity index (χ4v) is 5.07. The molecule has 0 aliphatic heterocycles. The van der Waals surface area contributed by atoms with Crippen LogP contribution in [0.3, 0.4) is 0 Å². The fourth-order valence-electron chi connectivity index (χ4n) is 3.23. The lowest BCUT2D eigenvalue weighted by molar-refractivity contribution is -0.116. The van der Waals surface area contributed by atoms with Crippen LogP contribution in [0.4, 0.5) is 5.69 Å². The number of thiazole rings is 1. The summed E-state index contributed by atoms with van der Waals surface area (Å²) in [6.07, 6.45) is 1.59. The predicted octanol–water partition coefficient (Wildman–Crippen LogP) is 4.71. The van der Waals surface area contributed by atoms with Crippen molar-refractivity contribution >= 4 is 45.5 Å². The van der Waals surface area contributed by atoms with Crippen LogP contribution < -0.4 is 15.5 Å². The highest BCUT2D eigenvalue weighted by molar-refractivity contribution is 8.00. The van der Waals surface area contributed by atoms with E-state index in [4.69, 9.17) is 4.74 Å². The monoisotopic (exact) mass is 451 g/mol. The van der Waals surface area contributed by atoms with E-state index in [9.17, 15) is 9.59 Å². The van der Waals surface area contributed by atoms with Gasteiger partial charge in [-0.25, -0.2) is 4.98 Å². The summed E-state index contributed by atoms with van der Waals surface area (Å²) in [5.74, 6) is 0.545. The Morgan fingerprint density at radius 3 is 2.81 bits per heavy atom. The number of amides is 1. The Hall–Kier alpha value is -3.10. The van der Waals surface area contributed by atoms with Gasteiger partial charge in [0.15, 0.2) is 5.75 Å². The molecule has 0 saturated heterocycles. The number of thioether (sulfide) groups is 1. The fraction of sp³-hybridized carbons (Fsp3) is 0.174. The second kappa shape index (κ2) is 9.36. The van der Waals surface area contributed by atoms with Crippen LogP contribution in [0, 0.1) is 6.92 Å². The summed E-state index contributed by atoms with van der Waals surface area (Å²) in [6, 6.07) is 15.2. The second-order valence-electron chi connectivity index (χ2n) is 6.94. The Morgan fingerprint density at radius 2 is 2.03 bits per heavy atom. The molecule has 4 aromatic rings. The minimum Gasteiger partial charge on any atom is -0.491 e. The summed E-state index contributed by atoms with van der Waals surface area (Å²) in [4.78, 5) is 29.6. The van der Waals surface area contributed by atoms with Gasteiger partial charge in [0, 0.05) is 39.7 Å². The zero-order valence-corrected chi connectivity index (χ0v) is 18.8. The molecule has 31 heavy (non-hydrogen) atoms. The van der Waals surface area contributed by atoms with Crippen molar-refractivity contribution in [1.29, 1.82) is 0 Å². The Morgan fingerprint density at radius 1 is 1.23 bits per heavy atom. The molecule has 158 valence electrons. The lowest BCUT2D eigenvalue weighted by Crippen LogP contribution is -2.22. The van der Waals surface area contributed by atoms with Gasteiger partial charge in [0.1, 0.15) is 10.9 Å². The van der Waals surface area contributed by atoms with E-state index in [2.05, 4.69) is 10.3 Å². The minimum atomic E-state index is -0.209. The van der Waals surface area contributed by atoms with Gasteiger partial charge in [-0.2, -0.15) is 0 Å². The van der Waals surface area contributed by atoms with E-state index >= 15 is 0 Å². The number of anilines is 1. The summed E-state index contributed by atoms with van der Waals surface area (Å²) in [5.41, 5.74) is 2.25. The van der Waals surface area contributed by atoms with Crippen molar-refractivity contribution in [1.82, 2.24) is 9.55 Å². The predicted molar refractivity (Wildman–Crippen MR) is 126 cm³/mol. The molecule has 0 aliphatic rings. The number of ether oxygens (including phenoxy) is 1. The van der Waals surface area contributed by atoms with Gasteiger partial charge in [-0.15, -0.1) is 11.3 Å². The van der Waals surface area contributed by atoms with Gasteiger partial charge in [0.25, 0.3) is 0 Å². The van der Waals surface area contributed by atoms with Gasteiger partial charge in [-0.3, -0.25) is 9.59 Å². The van der Waals surface area contributed by atoms with E-state index in [1.165, 1.54) is 24.9 Å². The summed E-state index contributed by atoms with van der Waals surface area (Å²) >= 11 is 3.10. The Bertz CT molecular complexity index is 1290. The number of nitrogens with one attached hydrogen (secondary N) is 1. The number of hydrogen-bond donors (Lipinski definition) is 1. The first-order valence-corrected chi connectivity index (χ1v) is 11.5. The third-order valence-corrected chi connectivity index (χ3v) is 6.89. The number of nitrogens with zero attached hydrogens (tertiary/aromatic N) is 2. The molecule has 0 fully saturated rings. The van der Waals surface area contributed by atoms with Gasteiger partial charge < -0.3 is 14.6 Å². The first-order valence-electron chi connectivity index (χ1n) is 9.63. The summed E-state index contributed by atoms with van der Waals surface area (Å²) < 4.78 is 7.86. The quantitative estimate of drug-likeness (QED) is 0.412. The van der Waals surface area contributed by atoms with Crippen LogP contribution in [0.5, 0.6) is 5.75 Å². The van der Waals surface area contributed by atoms with Crippen LogP contribution in [0.2, 0.25) is 0 Å². The van der Waals surface area contributed by atoms with Crippen LogP contribution in [0.25, 0.3) is 10.8 Å². The molecule has 2 heterocycles. The maximum absolute atomic E-state index is 12.9. The number of benzene rings is 2. The molecular formula is C23H21N3O3S2. The van der Waals surface area contributed by atoms with E-state index in [1.807, 2.05) is 54.8 Å². The van der Waals surface area contributed by atoms with Crippen LogP contribution in [-0.4, -0.2) is 22.6 Å². The molecule has 0 spiro atoms. The van der Waals surface area contributed by atoms with Crippen molar-refractivity contribution in [2.45, 2.75) is 23.6 Å². The first kappa shape index (κ1) is 21.1. The van der Waals surface area contributed by atoms with E-state index in [1.54, 1.807) is 22.1 Å². The average molecular weight is 452 g/mol. The number of methoxy groups -OCH3 is 1. The minimum absolute atomic E-state index is 0.0622. The Kier molecular flexibility index (Phi) is 6.39. The number of aryl methyl sites for hydroxylation is 1. The van der Waals surface area contributed by atoms with Crippen molar-refractivity contribution in [3.63, 3.8) is 0 Å². The molecule has 0 aliphatic carbocycles. The second-order valence-corrected chi connectivity index (χ2v) is 9.02. The molecule has 1 amide bonds. The Balaban J connectivity index is 1.56. The molecule has 0 radical (unpaired) electrons. The third kappa shape index (κ3) is 4.98. The highest BCUT2D eigenvalue weighted by Crippen LogP contribution is 2.26. The van der Waals surface area contributed by atoms with E-state index in [-0.39, 0.29) is 23.6 Å². The van der Waals surface area contributed by atoms with Gasteiger partial charge in [-0.1, -0.05) is 48.2 Å². The van der Waals surface area contributed by atoms with Gasteiger partial charge >= 0.3 is 0 Å². The maximum atomic E-state index is 12.9. The topological polar surface area (TPSA) is 73.2 Å². The van der Waals surface area contributed by atoms with Crippen LogP contribution in [0.15, 0.2) is 69.2 Å². The average Bonchev–Trinajstić information content (AvgIpc) is 3.19. The number of pyridine rings is 1. The molecule has 1 N–H and O–H groups in total. The number of hydrogen-bond acceptors (Lipinski definition) is 6. The highest BCUT2D eigenvalue weighted by Gasteiger charge is 2.13. The lowest BCUT2D eigenvalue weighted by Gasteiger charge is -2.15. The Labute approximate surface area is 187 Å². The summed E-state index contributed by atoms with van der Waals surface area (Å²) in [5, 5.41) is 7.02. The van der Waals surface area contributed by atoms with Crippen molar-refractivity contribution in [2.24, 2.45) is 0 Å². The first-order chi connectivity index (χ1) is 15.0. The largest absolute Gasteiger partial charge is 0.491 e. The van der Waals surface area contributed by atoms with Crippen molar-refractivity contribution < 1.29 is 9.53 Å². The number of fused-ring (bicyclic) bond motifs is 1. The molecule has 6 nitrogen and oxygen atoms in total. The SMILES string of the molecule is COc1cn(CC(=O)Nc2cccc3ccccc23)c(CSc2nc(C)cs2)cc1=O. The lowest BCUT2D eigenvalue weighted by atomic mass is 10.1. The van der Waals surface area contributed by atoms with Gasteiger partial charge in [0.2, 0.25) is 11.3 Å². The van der Waals surface area contributed by atoms with Crippen LogP contribution in [0.1, 0.15) is 11.4 Å². The normalized spacial score (nSPS) is 10.9. The number of rotatable bonds is 7. The number of carbonyl (C=O) groups excluding carboxylic acids is 1. The van der Waals surface area contributed by atoms with Crippen molar-refractivity contribution in [3.8, 4) is 5.75 Å². The molecule has 0 bridgehead atoms. The zero-order valence-electron chi connectivity index (χ0n) is 17.1. The molecule has 8 heteroatoms.